The van der Waals surface area contributed by atoms with Crippen LogP contribution in [0.3, 0.4) is 0 Å². The van der Waals surface area contributed by atoms with Gasteiger partial charge in [0.15, 0.2) is 0 Å². The van der Waals surface area contributed by atoms with Gasteiger partial charge in [-0.15, -0.1) is 0 Å². The van der Waals surface area contributed by atoms with Gasteiger partial charge in [0.1, 0.15) is 0 Å². The second kappa shape index (κ2) is 4.67. The summed E-state index contributed by atoms with van der Waals surface area (Å²) in [5.41, 5.74) is 6.86. The lowest BCUT2D eigenvalue weighted by Gasteiger charge is -2.04. The van der Waals surface area contributed by atoms with Crippen molar-refractivity contribution in [2.24, 2.45) is 7.05 Å². The molecule has 3 heterocycles. The number of rotatable bonds is 1. The molecule has 22 heavy (non-hydrogen) atoms. The quantitative estimate of drug-likeness (QED) is 0.519. The zero-order valence-electron chi connectivity index (χ0n) is 13.0. The summed E-state index contributed by atoms with van der Waals surface area (Å²) < 4.78 is 2.24. The van der Waals surface area contributed by atoms with E-state index in [1.807, 2.05) is 32.3 Å². The molecule has 4 rings (SSSR count). The molecule has 0 spiro atoms. The molecule has 0 saturated carbocycles. The minimum absolute atomic E-state index is 1.04. The minimum atomic E-state index is 1.04. The van der Waals surface area contributed by atoms with Crippen LogP contribution in [0.4, 0.5) is 0 Å². The van der Waals surface area contributed by atoms with Crippen molar-refractivity contribution >= 4 is 21.8 Å². The van der Waals surface area contributed by atoms with Crippen molar-refractivity contribution in [3.63, 3.8) is 0 Å². The summed E-state index contributed by atoms with van der Waals surface area (Å²) in [6.07, 6.45) is 3.91. The summed E-state index contributed by atoms with van der Waals surface area (Å²) in [5.74, 6) is 0. The van der Waals surface area contributed by atoms with Crippen molar-refractivity contribution in [3.8, 4) is 11.1 Å². The molecular formula is C19H17N3. The van der Waals surface area contributed by atoms with Crippen LogP contribution in [0.1, 0.15) is 11.4 Å². The lowest BCUT2D eigenvalue weighted by atomic mass is 10.1. The number of hydrogen-bond donors (Lipinski definition) is 0. The average molecular weight is 287 g/mol. The monoisotopic (exact) mass is 287 g/mol. The van der Waals surface area contributed by atoms with E-state index in [0.29, 0.717) is 0 Å². The first-order chi connectivity index (χ1) is 10.6. The van der Waals surface area contributed by atoms with Crippen LogP contribution in [0.15, 0.2) is 48.8 Å². The highest BCUT2D eigenvalue weighted by Gasteiger charge is 2.10. The molecule has 0 amide bonds. The summed E-state index contributed by atoms with van der Waals surface area (Å²) in [4.78, 5) is 8.83. The summed E-state index contributed by atoms with van der Waals surface area (Å²) >= 11 is 0. The van der Waals surface area contributed by atoms with Gasteiger partial charge in [-0.2, -0.15) is 0 Å². The van der Waals surface area contributed by atoms with Crippen LogP contribution < -0.4 is 0 Å². The first-order valence-electron chi connectivity index (χ1n) is 7.41. The highest BCUT2D eigenvalue weighted by atomic mass is 14.9. The molecule has 0 aliphatic rings. The van der Waals surface area contributed by atoms with Crippen molar-refractivity contribution in [3.05, 3.63) is 60.2 Å². The van der Waals surface area contributed by atoms with Gasteiger partial charge in [0.25, 0.3) is 0 Å². The average Bonchev–Trinajstić information content (AvgIpc) is 2.80. The molecule has 0 aliphatic heterocycles. The van der Waals surface area contributed by atoms with Gasteiger partial charge in [-0.25, -0.2) is 0 Å². The summed E-state index contributed by atoms with van der Waals surface area (Å²) in [6.45, 7) is 4.03. The van der Waals surface area contributed by atoms with Crippen LogP contribution in [-0.2, 0) is 7.05 Å². The van der Waals surface area contributed by atoms with E-state index in [4.69, 9.17) is 0 Å². The van der Waals surface area contributed by atoms with Gasteiger partial charge in [-0.1, -0.05) is 18.2 Å². The predicted octanol–water partition coefficient (Wildman–Crippen LogP) is 4.41. The van der Waals surface area contributed by atoms with Crippen LogP contribution in [0.2, 0.25) is 0 Å². The Balaban J connectivity index is 1.99. The molecule has 0 saturated heterocycles. The second-order valence-corrected chi connectivity index (χ2v) is 5.82. The number of fused-ring (bicyclic) bond motifs is 3. The Morgan fingerprint density at radius 3 is 2.23 bits per heavy atom. The zero-order valence-corrected chi connectivity index (χ0v) is 13.0. The molecule has 108 valence electrons. The van der Waals surface area contributed by atoms with Gasteiger partial charge >= 0.3 is 0 Å². The highest BCUT2D eigenvalue weighted by molar-refractivity contribution is 6.08. The zero-order chi connectivity index (χ0) is 15.3. The van der Waals surface area contributed by atoms with Gasteiger partial charge in [0.05, 0.1) is 5.52 Å². The fraction of sp³-hybridized carbons (Fsp3) is 0.158. The Bertz CT molecular complexity index is 995. The summed E-state index contributed by atoms with van der Waals surface area (Å²) in [5, 5.41) is 2.45. The first-order valence-corrected chi connectivity index (χ1v) is 7.41. The number of hydrogen-bond acceptors (Lipinski definition) is 2. The van der Waals surface area contributed by atoms with E-state index < -0.39 is 0 Å². The molecule has 0 aliphatic carbocycles. The van der Waals surface area contributed by atoms with Crippen molar-refractivity contribution < 1.29 is 0 Å². The van der Waals surface area contributed by atoms with E-state index in [0.717, 1.165) is 17.0 Å². The largest absolute Gasteiger partial charge is 0.343 e. The predicted molar refractivity (Wildman–Crippen MR) is 90.9 cm³/mol. The fourth-order valence-corrected chi connectivity index (χ4v) is 3.02. The molecule has 0 atom stereocenters. The third-order valence-electron chi connectivity index (χ3n) is 4.27. The van der Waals surface area contributed by atoms with Gasteiger partial charge < -0.3 is 4.57 Å². The van der Waals surface area contributed by atoms with Gasteiger partial charge in [0.2, 0.25) is 0 Å². The van der Waals surface area contributed by atoms with E-state index in [2.05, 4.69) is 51.9 Å². The van der Waals surface area contributed by atoms with Crippen molar-refractivity contribution in [2.75, 3.05) is 0 Å². The van der Waals surface area contributed by atoms with E-state index in [1.54, 1.807) is 0 Å². The van der Waals surface area contributed by atoms with Crippen LogP contribution in [-0.4, -0.2) is 14.5 Å². The second-order valence-electron chi connectivity index (χ2n) is 5.82. The Labute approximate surface area is 129 Å². The van der Waals surface area contributed by atoms with E-state index >= 15 is 0 Å². The van der Waals surface area contributed by atoms with Crippen LogP contribution in [0.25, 0.3) is 32.9 Å². The molecule has 3 heteroatoms. The third-order valence-corrected chi connectivity index (χ3v) is 4.27. The molecule has 3 nitrogen and oxygen atoms in total. The minimum Gasteiger partial charge on any atom is -0.343 e. The molecule has 0 radical (unpaired) electrons. The lowest BCUT2D eigenvalue weighted by molar-refractivity contribution is 1.01. The van der Waals surface area contributed by atoms with E-state index in [1.165, 1.54) is 27.4 Å². The number of aryl methyl sites for hydroxylation is 3. The van der Waals surface area contributed by atoms with Crippen molar-refractivity contribution in [1.82, 2.24) is 14.5 Å². The Morgan fingerprint density at radius 1 is 0.727 bits per heavy atom. The number of aromatic nitrogens is 3. The van der Waals surface area contributed by atoms with Crippen molar-refractivity contribution in [1.29, 1.82) is 0 Å². The van der Waals surface area contributed by atoms with Crippen molar-refractivity contribution in [2.45, 2.75) is 13.8 Å². The number of pyridine rings is 2. The van der Waals surface area contributed by atoms with Crippen LogP contribution in [0, 0.1) is 13.8 Å². The number of benzene rings is 1. The topological polar surface area (TPSA) is 30.7 Å². The molecule has 0 bridgehead atoms. The molecule has 3 aromatic heterocycles. The Kier molecular flexibility index (Phi) is 2.76. The molecule has 1 aromatic carbocycles. The normalized spacial score (nSPS) is 11.4. The Morgan fingerprint density at radius 2 is 1.45 bits per heavy atom. The van der Waals surface area contributed by atoms with Crippen LogP contribution in [0.5, 0.6) is 0 Å². The maximum absolute atomic E-state index is 4.44. The fourth-order valence-electron chi connectivity index (χ4n) is 3.02. The van der Waals surface area contributed by atoms with Gasteiger partial charge in [-0.05, 0) is 37.6 Å². The molecular weight excluding hydrogens is 270 g/mol. The highest BCUT2D eigenvalue weighted by Crippen LogP contribution is 2.31. The van der Waals surface area contributed by atoms with Gasteiger partial charge in [-0.3, -0.25) is 9.97 Å². The summed E-state index contributed by atoms with van der Waals surface area (Å²) in [7, 11) is 2.11. The standard InChI is InChI=1S/C19H17N3/c1-12-4-5-15(10-20-12)14-6-7-16-17-11-21-13(2)8-18(17)22(3)19(16)9-14/h4-11H,1-3H3. The molecule has 0 unspecified atom stereocenters. The Hall–Kier alpha value is -2.68. The third kappa shape index (κ3) is 1.90. The van der Waals surface area contributed by atoms with E-state index in [9.17, 15) is 0 Å². The molecule has 0 fully saturated rings. The molecule has 0 N–H and O–H groups in total. The maximum Gasteiger partial charge on any atom is 0.0522 e. The van der Waals surface area contributed by atoms with Gasteiger partial charge in [0, 0.05) is 52.7 Å². The first kappa shape index (κ1) is 13.0. The smallest absolute Gasteiger partial charge is 0.0522 e. The lowest BCUT2D eigenvalue weighted by Crippen LogP contribution is -1.89. The van der Waals surface area contributed by atoms with E-state index in [-0.39, 0.29) is 0 Å². The number of nitrogens with zero attached hydrogens (tertiary/aromatic N) is 3. The molecule has 4 aromatic rings. The summed E-state index contributed by atoms with van der Waals surface area (Å²) in [6, 6.07) is 12.9. The maximum atomic E-state index is 4.44. The SMILES string of the molecule is Cc1ccc(-c2ccc3c4cnc(C)cc4n(C)c3c2)cn1. The van der Waals surface area contributed by atoms with Crippen LogP contribution >= 0.6 is 0 Å².